The molecular formula is C9H14N2O3S. The van der Waals surface area contributed by atoms with E-state index in [0.29, 0.717) is 11.5 Å². The molecular weight excluding hydrogens is 216 g/mol. The number of rotatable bonds is 5. The van der Waals surface area contributed by atoms with Gasteiger partial charge in [0.25, 0.3) is 0 Å². The van der Waals surface area contributed by atoms with Gasteiger partial charge in [0.15, 0.2) is 0 Å². The quantitative estimate of drug-likeness (QED) is 0.751. The molecule has 1 unspecified atom stereocenters. The van der Waals surface area contributed by atoms with Gasteiger partial charge in [-0.05, 0) is 6.92 Å². The van der Waals surface area contributed by atoms with E-state index in [1.165, 1.54) is 18.9 Å². The largest absolute Gasteiger partial charge is 0.468 e. The maximum Gasteiger partial charge on any atom is 0.323 e. The van der Waals surface area contributed by atoms with Crippen molar-refractivity contribution >= 4 is 17.7 Å². The number of nitrogens with zero attached hydrogens (tertiary/aromatic N) is 1. The lowest BCUT2D eigenvalue weighted by molar-refractivity contribution is -0.141. The number of hydrogen-bond acceptors (Lipinski definition) is 6. The minimum atomic E-state index is -0.576. The summed E-state index contributed by atoms with van der Waals surface area (Å²) in [6.45, 7) is 1.83. The molecule has 1 atom stereocenters. The van der Waals surface area contributed by atoms with E-state index in [1.807, 2.05) is 13.0 Å². The molecule has 0 bridgehead atoms. The Kier molecular flexibility index (Phi) is 4.64. The van der Waals surface area contributed by atoms with E-state index >= 15 is 0 Å². The van der Waals surface area contributed by atoms with Crippen LogP contribution in [0, 0.1) is 6.92 Å². The molecule has 0 amide bonds. The molecule has 0 saturated carbocycles. The van der Waals surface area contributed by atoms with Crippen molar-refractivity contribution < 1.29 is 14.1 Å². The third kappa shape index (κ3) is 3.93. The number of ether oxygens (including phenoxy) is 1. The van der Waals surface area contributed by atoms with Crippen LogP contribution in [0.25, 0.3) is 0 Å². The number of esters is 1. The highest BCUT2D eigenvalue weighted by Crippen LogP contribution is 2.12. The topological polar surface area (TPSA) is 78.4 Å². The number of carbonyl (C=O) groups excluding carboxylic acids is 1. The first kappa shape index (κ1) is 12.1. The van der Waals surface area contributed by atoms with Crippen LogP contribution in [0.3, 0.4) is 0 Å². The van der Waals surface area contributed by atoms with Crippen LogP contribution in [0.1, 0.15) is 11.5 Å². The lowest BCUT2D eigenvalue weighted by Gasteiger charge is -2.07. The number of aryl methyl sites for hydroxylation is 1. The van der Waals surface area contributed by atoms with Crippen LogP contribution in [0.2, 0.25) is 0 Å². The summed E-state index contributed by atoms with van der Waals surface area (Å²) in [6, 6.07) is 1.28. The maximum absolute atomic E-state index is 11.0. The first-order chi connectivity index (χ1) is 7.13. The van der Waals surface area contributed by atoms with E-state index in [2.05, 4.69) is 9.89 Å². The summed E-state index contributed by atoms with van der Waals surface area (Å²) in [6.07, 6.45) is 0. The Morgan fingerprint density at radius 2 is 2.53 bits per heavy atom. The van der Waals surface area contributed by atoms with E-state index in [1.54, 1.807) is 0 Å². The molecule has 0 spiro atoms. The fourth-order valence-electron chi connectivity index (χ4n) is 0.996. The van der Waals surface area contributed by atoms with E-state index in [4.69, 9.17) is 10.3 Å². The molecule has 5 nitrogen and oxygen atoms in total. The predicted molar refractivity (Wildman–Crippen MR) is 57.4 cm³/mol. The molecule has 0 aliphatic heterocycles. The zero-order valence-corrected chi connectivity index (χ0v) is 9.54. The molecule has 15 heavy (non-hydrogen) atoms. The monoisotopic (exact) mass is 230 g/mol. The van der Waals surface area contributed by atoms with Gasteiger partial charge in [0.1, 0.15) is 11.8 Å². The summed E-state index contributed by atoms with van der Waals surface area (Å²) < 4.78 is 9.41. The summed E-state index contributed by atoms with van der Waals surface area (Å²) in [5, 5.41) is 3.82. The van der Waals surface area contributed by atoms with Crippen molar-refractivity contribution in [3.05, 3.63) is 17.5 Å². The normalized spacial score (nSPS) is 12.5. The predicted octanol–water partition coefficient (Wildman–Crippen LogP) is 0.717. The Morgan fingerprint density at radius 3 is 3.07 bits per heavy atom. The number of aromatic nitrogens is 1. The third-order valence-electron chi connectivity index (χ3n) is 1.73. The van der Waals surface area contributed by atoms with Gasteiger partial charge in [-0.15, -0.1) is 0 Å². The summed E-state index contributed by atoms with van der Waals surface area (Å²) in [7, 11) is 1.33. The number of thioether (sulfide) groups is 1. The van der Waals surface area contributed by atoms with Gasteiger partial charge in [-0.1, -0.05) is 5.16 Å². The second-order valence-electron chi connectivity index (χ2n) is 3.07. The van der Waals surface area contributed by atoms with Crippen molar-refractivity contribution in [2.24, 2.45) is 5.73 Å². The third-order valence-corrected chi connectivity index (χ3v) is 2.82. The molecule has 1 heterocycles. The molecule has 0 saturated heterocycles. The average Bonchev–Trinajstić information content (AvgIpc) is 2.63. The van der Waals surface area contributed by atoms with Crippen LogP contribution in [-0.2, 0) is 15.3 Å². The van der Waals surface area contributed by atoms with Crippen LogP contribution in [0.15, 0.2) is 10.6 Å². The Hall–Kier alpha value is -1.01. The van der Waals surface area contributed by atoms with Crippen LogP contribution in [-0.4, -0.2) is 30.0 Å². The highest BCUT2D eigenvalue weighted by molar-refractivity contribution is 7.98. The molecule has 0 aliphatic rings. The summed E-state index contributed by atoms with van der Waals surface area (Å²) in [4.78, 5) is 11.0. The fraction of sp³-hybridized carbons (Fsp3) is 0.556. The van der Waals surface area contributed by atoms with E-state index in [-0.39, 0.29) is 5.97 Å². The minimum Gasteiger partial charge on any atom is -0.468 e. The average molecular weight is 230 g/mol. The van der Waals surface area contributed by atoms with Crippen molar-refractivity contribution in [2.75, 3.05) is 12.9 Å². The van der Waals surface area contributed by atoms with Gasteiger partial charge in [0.2, 0.25) is 0 Å². The Balaban J connectivity index is 2.24. The number of carbonyl (C=O) groups is 1. The van der Waals surface area contributed by atoms with Crippen LogP contribution < -0.4 is 5.73 Å². The Morgan fingerprint density at radius 1 is 1.80 bits per heavy atom. The van der Waals surface area contributed by atoms with Crippen LogP contribution >= 0.6 is 11.8 Å². The molecule has 0 aliphatic carbocycles. The number of hydrogen-bond donors (Lipinski definition) is 1. The van der Waals surface area contributed by atoms with Crippen molar-refractivity contribution in [3.63, 3.8) is 0 Å². The van der Waals surface area contributed by atoms with Crippen molar-refractivity contribution in [2.45, 2.75) is 18.7 Å². The first-order valence-corrected chi connectivity index (χ1v) is 5.62. The van der Waals surface area contributed by atoms with Gasteiger partial charge < -0.3 is 15.0 Å². The molecule has 1 aromatic heterocycles. The molecule has 1 aromatic rings. The van der Waals surface area contributed by atoms with Gasteiger partial charge in [-0.25, -0.2) is 0 Å². The summed E-state index contributed by atoms with van der Waals surface area (Å²) in [5.41, 5.74) is 6.41. The van der Waals surface area contributed by atoms with Crippen LogP contribution in [0.5, 0.6) is 0 Å². The molecule has 1 rings (SSSR count). The molecule has 6 heteroatoms. The Bertz CT molecular complexity index is 327. The molecule has 0 radical (unpaired) electrons. The fourth-order valence-corrected chi connectivity index (χ4v) is 1.85. The SMILES string of the molecule is COC(=O)C(N)CSCc1cc(C)on1. The smallest absolute Gasteiger partial charge is 0.323 e. The zero-order valence-electron chi connectivity index (χ0n) is 8.73. The van der Waals surface area contributed by atoms with Gasteiger partial charge in [-0.2, -0.15) is 11.8 Å². The second kappa shape index (κ2) is 5.77. The van der Waals surface area contributed by atoms with E-state index in [0.717, 1.165) is 11.5 Å². The Labute approximate surface area is 92.3 Å². The maximum atomic E-state index is 11.0. The van der Waals surface area contributed by atoms with Crippen LogP contribution in [0.4, 0.5) is 0 Å². The molecule has 0 aromatic carbocycles. The first-order valence-electron chi connectivity index (χ1n) is 4.47. The van der Waals surface area contributed by atoms with Crippen molar-refractivity contribution in [1.82, 2.24) is 5.16 Å². The van der Waals surface area contributed by atoms with Crippen molar-refractivity contribution in [3.8, 4) is 0 Å². The summed E-state index contributed by atoms with van der Waals surface area (Å²) >= 11 is 1.52. The van der Waals surface area contributed by atoms with Gasteiger partial charge >= 0.3 is 5.97 Å². The van der Waals surface area contributed by atoms with Gasteiger partial charge in [-0.3, -0.25) is 4.79 Å². The van der Waals surface area contributed by atoms with Crippen molar-refractivity contribution in [1.29, 1.82) is 0 Å². The number of nitrogens with two attached hydrogens (primary N) is 1. The van der Waals surface area contributed by atoms with E-state index < -0.39 is 6.04 Å². The highest BCUT2D eigenvalue weighted by Gasteiger charge is 2.13. The van der Waals surface area contributed by atoms with Gasteiger partial charge in [0.05, 0.1) is 12.8 Å². The molecule has 0 fully saturated rings. The zero-order chi connectivity index (χ0) is 11.3. The molecule has 84 valence electrons. The standard InChI is InChI=1S/C9H14N2O3S/c1-6-3-7(11-14-6)4-15-5-8(10)9(12)13-2/h3,8H,4-5,10H2,1-2H3. The highest BCUT2D eigenvalue weighted by atomic mass is 32.2. The summed E-state index contributed by atoms with van der Waals surface area (Å²) in [5.74, 6) is 1.59. The lowest BCUT2D eigenvalue weighted by Crippen LogP contribution is -2.33. The second-order valence-corrected chi connectivity index (χ2v) is 4.10. The van der Waals surface area contributed by atoms with Gasteiger partial charge in [0, 0.05) is 17.6 Å². The number of methoxy groups -OCH3 is 1. The lowest BCUT2D eigenvalue weighted by atomic mass is 10.4. The minimum absolute atomic E-state index is 0.390. The van der Waals surface area contributed by atoms with E-state index in [9.17, 15) is 4.79 Å². The molecule has 2 N–H and O–H groups in total.